The molecule has 1 saturated carbocycles. The number of aromatic nitrogens is 1. The Balaban J connectivity index is 1.96. The molecule has 1 heterocycles. The lowest BCUT2D eigenvalue weighted by Crippen LogP contribution is -2.32. The number of nitrogens with two attached hydrogens (primary N) is 1. The first-order valence-electron chi connectivity index (χ1n) is 7.15. The van der Waals surface area contributed by atoms with Crippen LogP contribution in [0.1, 0.15) is 36.3 Å². The van der Waals surface area contributed by atoms with Crippen LogP contribution in [-0.2, 0) is 0 Å². The number of nitrogens with zero attached hydrogens (tertiary/aromatic N) is 2. The maximum atomic E-state index is 13.4. The van der Waals surface area contributed by atoms with Gasteiger partial charge >= 0.3 is 0 Å². The Hall–Kier alpha value is -2.30. The minimum absolute atomic E-state index is 0.147. The van der Waals surface area contributed by atoms with Crippen LogP contribution in [0.2, 0.25) is 0 Å². The molecule has 1 aliphatic rings. The zero-order valence-electron chi connectivity index (χ0n) is 11.9. The van der Waals surface area contributed by atoms with Gasteiger partial charge in [-0.3, -0.25) is 4.79 Å². The van der Waals surface area contributed by atoms with E-state index in [0.29, 0.717) is 29.7 Å². The van der Waals surface area contributed by atoms with Gasteiger partial charge in [-0.05, 0) is 44.0 Å². The third-order valence-corrected chi connectivity index (χ3v) is 3.71. The number of rotatable bonds is 4. The van der Waals surface area contributed by atoms with E-state index in [2.05, 4.69) is 0 Å². The molecule has 1 aliphatic carbocycles. The van der Waals surface area contributed by atoms with Crippen molar-refractivity contribution >= 4 is 17.3 Å². The van der Waals surface area contributed by atoms with Crippen molar-refractivity contribution in [2.24, 2.45) is 0 Å². The maximum absolute atomic E-state index is 13.4. The lowest BCUT2D eigenvalue weighted by Gasteiger charge is -2.22. The fourth-order valence-corrected chi connectivity index (χ4v) is 2.55. The highest BCUT2D eigenvalue weighted by molar-refractivity contribution is 6.05. The highest BCUT2D eigenvalue weighted by atomic mass is 19.1. The van der Waals surface area contributed by atoms with E-state index in [9.17, 15) is 9.18 Å². The third-order valence-electron chi connectivity index (χ3n) is 3.71. The number of carbonyl (C=O) groups excluding carboxylic acids is 1. The first-order valence-corrected chi connectivity index (χ1v) is 7.15. The van der Waals surface area contributed by atoms with Crippen LogP contribution >= 0.6 is 0 Å². The summed E-state index contributed by atoms with van der Waals surface area (Å²) in [4.78, 5) is 14.3. The van der Waals surface area contributed by atoms with Gasteiger partial charge in [0.05, 0.1) is 5.69 Å². The Bertz CT molecular complexity index is 676. The lowest BCUT2D eigenvalue weighted by atomic mass is 10.2. The van der Waals surface area contributed by atoms with Crippen molar-refractivity contribution in [1.29, 1.82) is 0 Å². The molecule has 3 rings (SSSR count). The molecule has 1 fully saturated rings. The van der Waals surface area contributed by atoms with Crippen LogP contribution in [0, 0.1) is 5.82 Å². The molecule has 2 aromatic rings. The highest BCUT2D eigenvalue weighted by Crippen LogP contribution is 2.37. The Morgan fingerprint density at radius 1 is 1.43 bits per heavy atom. The lowest BCUT2D eigenvalue weighted by molar-refractivity contribution is 0.0979. The number of halogens is 1. The van der Waals surface area contributed by atoms with E-state index in [1.165, 1.54) is 12.1 Å². The standard InChI is InChI=1S/C16H18FN3O/c1-2-19(14-5-3-4-11(17)8-14)16(21)15-9-12(18)10-20(15)13-6-7-13/h3-5,8-10,13H,2,6-7,18H2,1H3. The molecular weight excluding hydrogens is 269 g/mol. The molecule has 1 amide bonds. The summed E-state index contributed by atoms with van der Waals surface area (Å²) in [5.41, 5.74) is 7.55. The summed E-state index contributed by atoms with van der Waals surface area (Å²) in [5, 5.41) is 0. The number of hydrogen-bond acceptors (Lipinski definition) is 2. The van der Waals surface area contributed by atoms with Crippen molar-refractivity contribution < 1.29 is 9.18 Å². The number of carbonyl (C=O) groups is 1. The van der Waals surface area contributed by atoms with E-state index in [1.807, 2.05) is 17.7 Å². The Labute approximate surface area is 123 Å². The highest BCUT2D eigenvalue weighted by Gasteiger charge is 2.29. The molecule has 0 unspecified atom stereocenters. The van der Waals surface area contributed by atoms with Crippen molar-refractivity contribution in [3.8, 4) is 0 Å². The third kappa shape index (κ3) is 2.63. The average molecular weight is 287 g/mol. The molecule has 21 heavy (non-hydrogen) atoms. The quantitative estimate of drug-likeness (QED) is 0.938. The first kappa shape index (κ1) is 13.7. The summed E-state index contributed by atoms with van der Waals surface area (Å²) in [6.07, 6.45) is 3.95. The molecular formula is C16H18FN3O. The van der Waals surface area contributed by atoms with Gasteiger partial charge in [-0.15, -0.1) is 0 Å². The SMILES string of the molecule is CCN(C(=O)c1cc(N)cn1C1CC1)c1cccc(F)c1. The topological polar surface area (TPSA) is 51.3 Å². The fourth-order valence-electron chi connectivity index (χ4n) is 2.55. The predicted molar refractivity (Wildman–Crippen MR) is 80.9 cm³/mol. The molecule has 0 spiro atoms. The molecule has 1 aromatic carbocycles. The second-order valence-electron chi connectivity index (χ2n) is 5.33. The summed E-state index contributed by atoms with van der Waals surface area (Å²) in [6.45, 7) is 2.34. The summed E-state index contributed by atoms with van der Waals surface area (Å²) >= 11 is 0. The van der Waals surface area contributed by atoms with Crippen molar-refractivity contribution in [1.82, 2.24) is 4.57 Å². The molecule has 0 atom stereocenters. The average Bonchev–Trinajstić information content (AvgIpc) is 3.22. The molecule has 4 nitrogen and oxygen atoms in total. The van der Waals surface area contributed by atoms with Crippen molar-refractivity contribution in [2.45, 2.75) is 25.8 Å². The predicted octanol–water partition coefficient (Wildman–Crippen LogP) is 3.21. The summed E-state index contributed by atoms with van der Waals surface area (Å²) in [7, 11) is 0. The number of hydrogen-bond donors (Lipinski definition) is 1. The van der Waals surface area contributed by atoms with Gasteiger partial charge in [0.1, 0.15) is 11.5 Å². The fraction of sp³-hybridized carbons (Fsp3) is 0.312. The van der Waals surface area contributed by atoms with E-state index < -0.39 is 0 Å². The molecule has 0 saturated heterocycles. The van der Waals surface area contributed by atoms with Crippen LogP contribution in [0.5, 0.6) is 0 Å². The smallest absolute Gasteiger partial charge is 0.274 e. The van der Waals surface area contributed by atoms with Gasteiger partial charge in [0, 0.05) is 24.5 Å². The summed E-state index contributed by atoms with van der Waals surface area (Å²) in [5.74, 6) is -0.498. The van der Waals surface area contributed by atoms with Gasteiger partial charge in [0.25, 0.3) is 5.91 Å². The van der Waals surface area contributed by atoms with Gasteiger partial charge in [-0.2, -0.15) is 0 Å². The van der Waals surface area contributed by atoms with E-state index in [4.69, 9.17) is 5.73 Å². The van der Waals surface area contributed by atoms with Crippen molar-refractivity contribution in [3.05, 3.63) is 48.0 Å². The van der Waals surface area contributed by atoms with Gasteiger partial charge < -0.3 is 15.2 Å². The maximum Gasteiger partial charge on any atom is 0.274 e. The number of anilines is 2. The summed E-state index contributed by atoms with van der Waals surface area (Å²) in [6, 6.07) is 8.14. The van der Waals surface area contributed by atoms with Crippen LogP contribution in [0.3, 0.4) is 0 Å². The molecule has 0 bridgehead atoms. The Morgan fingerprint density at radius 2 is 2.19 bits per heavy atom. The zero-order valence-corrected chi connectivity index (χ0v) is 11.9. The first-order chi connectivity index (χ1) is 10.1. The largest absolute Gasteiger partial charge is 0.397 e. The number of nitrogen functional groups attached to an aromatic ring is 1. The van der Waals surface area contributed by atoms with Crippen molar-refractivity contribution in [2.75, 3.05) is 17.2 Å². The molecule has 2 N–H and O–H groups in total. The van der Waals surface area contributed by atoms with Gasteiger partial charge in [0.2, 0.25) is 0 Å². The zero-order chi connectivity index (χ0) is 15.0. The van der Waals surface area contributed by atoms with Crippen LogP contribution < -0.4 is 10.6 Å². The van der Waals surface area contributed by atoms with Crippen LogP contribution in [0.25, 0.3) is 0 Å². The van der Waals surface area contributed by atoms with Crippen molar-refractivity contribution in [3.63, 3.8) is 0 Å². The minimum atomic E-state index is -0.351. The normalized spacial score (nSPS) is 14.2. The second-order valence-corrected chi connectivity index (χ2v) is 5.33. The summed E-state index contributed by atoms with van der Waals surface area (Å²) < 4.78 is 15.3. The van der Waals surface area contributed by atoms with E-state index in [1.54, 1.807) is 23.1 Å². The molecule has 5 heteroatoms. The van der Waals surface area contributed by atoms with Gasteiger partial charge in [-0.25, -0.2) is 4.39 Å². The Kier molecular flexibility index (Phi) is 3.41. The van der Waals surface area contributed by atoms with E-state index in [0.717, 1.165) is 12.8 Å². The van der Waals surface area contributed by atoms with E-state index in [-0.39, 0.29) is 11.7 Å². The van der Waals surface area contributed by atoms with E-state index >= 15 is 0 Å². The monoisotopic (exact) mass is 287 g/mol. The second kappa shape index (κ2) is 5.24. The molecule has 110 valence electrons. The van der Waals surface area contributed by atoms with Crippen LogP contribution in [0.4, 0.5) is 15.8 Å². The molecule has 0 aliphatic heterocycles. The number of amides is 1. The number of benzene rings is 1. The molecule has 0 radical (unpaired) electrons. The Morgan fingerprint density at radius 3 is 2.81 bits per heavy atom. The minimum Gasteiger partial charge on any atom is -0.397 e. The van der Waals surface area contributed by atoms with Gasteiger partial charge in [0.15, 0.2) is 0 Å². The van der Waals surface area contributed by atoms with Gasteiger partial charge in [-0.1, -0.05) is 6.07 Å². The van der Waals surface area contributed by atoms with Crippen LogP contribution in [-0.4, -0.2) is 17.0 Å². The molecule has 1 aromatic heterocycles. The van der Waals surface area contributed by atoms with Crippen LogP contribution in [0.15, 0.2) is 36.5 Å².